The number of aromatic nitrogens is 3. The summed E-state index contributed by atoms with van der Waals surface area (Å²) < 4.78 is 1.51. The lowest BCUT2D eigenvalue weighted by molar-refractivity contribution is 0.0869. The Bertz CT molecular complexity index is 1090. The first-order chi connectivity index (χ1) is 15.3. The minimum atomic E-state index is -0.0352. The van der Waals surface area contributed by atoms with Gasteiger partial charge in [-0.15, -0.1) is 5.10 Å². The van der Waals surface area contributed by atoms with Gasteiger partial charge in [0.2, 0.25) is 0 Å². The first-order valence-electron chi connectivity index (χ1n) is 11.7. The van der Waals surface area contributed by atoms with Crippen molar-refractivity contribution >= 4 is 10.9 Å². The number of piperazine rings is 1. The van der Waals surface area contributed by atoms with E-state index in [0.29, 0.717) is 23.5 Å². The molecule has 3 aromatic rings. The fraction of sp³-hybridized carbons (Fsp3) is 0.480. The standard InChI is InChI=1S/C25H31N5O/c31-25-22-11-3-4-12-23(22)26-27-30(25)15-6-5-14-28-16-18-29(19-17-28)24-13-7-9-20-8-1-2-10-21(20)24/h1-4,8,10-12,24H,5-7,9,13-19H2. The molecule has 1 saturated heterocycles. The summed E-state index contributed by atoms with van der Waals surface area (Å²) in [6.45, 7) is 6.28. The minimum Gasteiger partial charge on any atom is -0.301 e. The van der Waals surface area contributed by atoms with E-state index in [4.69, 9.17) is 0 Å². The number of aryl methyl sites for hydroxylation is 2. The van der Waals surface area contributed by atoms with Crippen LogP contribution in [0.4, 0.5) is 0 Å². The van der Waals surface area contributed by atoms with Crippen molar-refractivity contribution in [2.75, 3.05) is 32.7 Å². The van der Waals surface area contributed by atoms with E-state index in [2.05, 4.69) is 44.4 Å². The van der Waals surface area contributed by atoms with E-state index in [0.717, 1.165) is 45.6 Å². The number of rotatable bonds is 6. The zero-order chi connectivity index (χ0) is 21.0. The average molecular weight is 418 g/mol. The second-order valence-corrected chi connectivity index (χ2v) is 8.83. The Morgan fingerprint density at radius 1 is 0.903 bits per heavy atom. The molecule has 1 fully saturated rings. The molecule has 2 heterocycles. The highest BCUT2D eigenvalue weighted by atomic mass is 16.1. The van der Waals surface area contributed by atoms with Crippen LogP contribution in [0.2, 0.25) is 0 Å². The van der Waals surface area contributed by atoms with Gasteiger partial charge in [0.05, 0.1) is 5.39 Å². The monoisotopic (exact) mass is 417 g/mol. The van der Waals surface area contributed by atoms with Gasteiger partial charge in [-0.05, 0) is 61.9 Å². The van der Waals surface area contributed by atoms with Crippen LogP contribution in [0.25, 0.3) is 10.9 Å². The van der Waals surface area contributed by atoms with Gasteiger partial charge in [-0.3, -0.25) is 9.69 Å². The Labute approximate surface area is 183 Å². The predicted octanol–water partition coefficient (Wildman–Crippen LogP) is 3.27. The molecule has 1 aromatic heterocycles. The topological polar surface area (TPSA) is 54.3 Å². The van der Waals surface area contributed by atoms with Gasteiger partial charge in [-0.25, -0.2) is 4.68 Å². The molecule has 2 aromatic carbocycles. The van der Waals surface area contributed by atoms with E-state index in [-0.39, 0.29) is 5.56 Å². The molecule has 6 heteroatoms. The fourth-order valence-electron chi connectivity index (χ4n) is 5.17. The number of unbranched alkanes of at least 4 members (excludes halogenated alkanes) is 1. The van der Waals surface area contributed by atoms with Gasteiger partial charge in [-0.1, -0.05) is 41.6 Å². The molecule has 5 rings (SSSR count). The Balaban J connectivity index is 1.09. The van der Waals surface area contributed by atoms with Crippen LogP contribution in [0, 0.1) is 0 Å². The zero-order valence-electron chi connectivity index (χ0n) is 18.1. The molecule has 0 N–H and O–H groups in total. The van der Waals surface area contributed by atoms with Crippen molar-refractivity contribution in [3.05, 3.63) is 70.0 Å². The molecule has 1 aliphatic heterocycles. The molecule has 1 aliphatic carbocycles. The number of hydrogen-bond donors (Lipinski definition) is 0. The van der Waals surface area contributed by atoms with Crippen molar-refractivity contribution in [3.63, 3.8) is 0 Å². The SMILES string of the molecule is O=c1c2ccccc2nnn1CCCCN1CCN(C2CCCc3ccccc32)CC1. The molecular formula is C25H31N5O. The third kappa shape index (κ3) is 4.41. The Hall–Kier alpha value is -2.57. The van der Waals surface area contributed by atoms with Gasteiger partial charge in [0.25, 0.3) is 5.56 Å². The third-order valence-corrected chi connectivity index (χ3v) is 6.91. The van der Waals surface area contributed by atoms with Crippen LogP contribution < -0.4 is 5.56 Å². The smallest absolute Gasteiger partial charge is 0.277 e. The summed E-state index contributed by atoms with van der Waals surface area (Å²) in [5.74, 6) is 0. The van der Waals surface area contributed by atoms with Crippen LogP contribution >= 0.6 is 0 Å². The Morgan fingerprint density at radius 2 is 1.68 bits per heavy atom. The molecule has 2 aliphatic rings. The lowest BCUT2D eigenvalue weighted by Crippen LogP contribution is -2.48. The van der Waals surface area contributed by atoms with Crippen molar-refractivity contribution in [3.8, 4) is 0 Å². The molecule has 0 radical (unpaired) electrons. The minimum absolute atomic E-state index is 0.0352. The molecule has 1 unspecified atom stereocenters. The van der Waals surface area contributed by atoms with Crippen LogP contribution in [0.3, 0.4) is 0 Å². The van der Waals surface area contributed by atoms with Crippen LogP contribution in [0.5, 0.6) is 0 Å². The maximum absolute atomic E-state index is 12.5. The summed E-state index contributed by atoms with van der Waals surface area (Å²) in [5.41, 5.74) is 3.74. The van der Waals surface area contributed by atoms with Gasteiger partial charge >= 0.3 is 0 Å². The highest BCUT2D eigenvalue weighted by Gasteiger charge is 2.28. The maximum Gasteiger partial charge on any atom is 0.277 e. The van der Waals surface area contributed by atoms with E-state index in [1.54, 1.807) is 11.1 Å². The van der Waals surface area contributed by atoms with E-state index in [9.17, 15) is 4.79 Å². The number of fused-ring (bicyclic) bond motifs is 2. The zero-order valence-corrected chi connectivity index (χ0v) is 18.1. The summed E-state index contributed by atoms with van der Waals surface area (Å²) in [7, 11) is 0. The molecule has 0 bridgehead atoms. The van der Waals surface area contributed by atoms with E-state index in [1.165, 1.54) is 23.9 Å². The number of hydrogen-bond acceptors (Lipinski definition) is 5. The Kier molecular flexibility index (Phi) is 6.09. The van der Waals surface area contributed by atoms with Crippen LogP contribution in [0.15, 0.2) is 53.3 Å². The van der Waals surface area contributed by atoms with Crippen molar-refractivity contribution in [2.45, 2.75) is 44.7 Å². The average Bonchev–Trinajstić information content (AvgIpc) is 2.83. The Morgan fingerprint density at radius 3 is 2.58 bits per heavy atom. The van der Waals surface area contributed by atoms with E-state index in [1.807, 2.05) is 24.3 Å². The highest BCUT2D eigenvalue weighted by Crippen LogP contribution is 2.34. The van der Waals surface area contributed by atoms with Crippen LogP contribution in [0.1, 0.15) is 42.9 Å². The van der Waals surface area contributed by atoms with Gasteiger partial charge < -0.3 is 4.90 Å². The molecule has 1 atom stereocenters. The van der Waals surface area contributed by atoms with E-state index >= 15 is 0 Å². The summed E-state index contributed by atoms with van der Waals surface area (Å²) in [6, 6.07) is 17.0. The first kappa shape index (κ1) is 20.3. The summed E-state index contributed by atoms with van der Waals surface area (Å²) in [4.78, 5) is 17.8. The molecule has 162 valence electrons. The lowest BCUT2D eigenvalue weighted by Gasteiger charge is -2.41. The van der Waals surface area contributed by atoms with Crippen LogP contribution in [-0.4, -0.2) is 57.5 Å². The lowest BCUT2D eigenvalue weighted by atomic mass is 9.86. The molecule has 0 saturated carbocycles. The number of nitrogens with zero attached hydrogens (tertiary/aromatic N) is 5. The highest BCUT2D eigenvalue weighted by molar-refractivity contribution is 5.76. The second-order valence-electron chi connectivity index (χ2n) is 8.83. The summed E-state index contributed by atoms with van der Waals surface area (Å²) >= 11 is 0. The maximum atomic E-state index is 12.5. The van der Waals surface area contributed by atoms with Gasteiger partial charge in [0.1, 0.15) is 5.52 Å². The van der Waals surface area contributed by atoms with Crippen molar-refractivity contribution in [2.24, 2.45) is 0 Å². The molecule has 31 heavy (non-hydrogen) atoms. The normalized spacial score (nSPS) is 20.1. The van der Waals surface area contributed by atoms with Crippen LogP contribution in [-0.2, 0) is 13.0 Å². The molecule has 6 nitrogen and oxygen atoms in total. The third-order valence-electron chi connectivity index (χ3n) is 6.91. The quantitative estimate of drug-likeness (QED) is 0.576. The first-order valence-corrected chi connectivity index (χ1v) is 11.7. The number of benzene rings is 2. The van der Waals surface area contributed by atoms with Crippen molar-refractivity contribution in [1.29, 1.82) is 0 Å². The fourth-order valence-corrected chi connectivity index (χ4v) is 5.17. The molecule has 0 spiro atoms. The largest absolute Gasteiger partial charge is 0.301 e. The molecule has 0 amide bonds. The predicted molar refractivity (Wildman–Crippen MR) is 123 cm³/mol. The molecular weight excluding hydrogens is 386 g/mol. The van der Waals surface area contributed by atoms with Gasteiger partial charge in [-0.2, -0.15) is 0 Å². The van der Waals surface area contributed by atoms with Crippen molar-refractivity contribution in [1.82, 2.24) is 24.8 Å². The second kappa shape index (κ2) is 9.28. The van der Waals surface area contributed by atoms with Gasteiger partial charge in [0.15, 0.2) is 0 Å². The summed E-state index contributed by atoms with van der Waals surface area (Å²) in [6.07, 6.45) is 5.85. The summed E-state index contributed by atoms with van der Waals surface area (Å²) in [5, 5.41) is 8.93. The van der Waals surface area contributed by atoms with Gasteiger partial charge in [0, 0.05) is 38.8 Å². The van der Waals surface area contributed by atoms with Crippen molar-refractivity contribution < 1.29 is 0 Å². The van der Waals surface area contributed by atoms with E-state index < -0.39 is 0 Å².